The highest BCUT2D eigenvalue weighted by Crippen LogP contribution is 2.24. The van der Waals surface area contributed by atoms with Gasteiger partial charge in [-0.15, -0.1) is 0 Å². The van der Waals surface area contributed by atoms with Crippen LogP contribution in [-0.4, -0.2) is 76.7 Å². The van der Waals surface area contributed by atoms with Gasteiger partial charge in [0.15, 0.2) is 5.82 Å². The average molecular weight is 339 g/mol. The third kappa shape index (κ3) is 4.24. The summed E-state index contributed by atoms with van der Waals surface area (Å²) in [6.07, 6.45) is -0.171. The molecule has 0 aromatic carbocycles. The molecular formula is C16H29N5O3. The van der Waals surface area contributed by atoms with Crippen molar-refractivity contribution in [2.45, 2.75) is 45.9 Å². The third-order valence-electron chi connectivity index (χ3n) is 4.32. The van der Waals surface area contributed by atoms with E-state index in [0.29, 0.717) is 38.0 Å². The molecule has 0 spiro atoms. The number of piperazine rings is 1. The lowest BCUT2D eigenvalue weighted by Crippen LogP contribution is -2.61. The van der Waals surface area contributed by atoms with Crippen LogP contribution < -0.4 is 0 Å². The molecule has 1 aliphatic rings. The molecule has 2 amide bonds. The second-order valence-electron chi connectivity index (χ2n) is 6.98. The number of hydrogen-bond acceptors (Lipinski definition) is 6. The van der Waals surface area contributed by atoms with Gasteiger partial charge in [0.25, 0.3) is 0 Å². The van der Waals surface area contributed by atoms with Crippen molar-refractivity contribution in [1.82, 2.24) is 24.8 Å². The van der Waals surface area contributed by atoms with Gasteiger partial charge in [-0.3, -0.25) is 4.90 Å². The van der Waals surface area contributed by atoms with E-state index in [1.165, 1.54) is 0 Å². The molecule has 0 radical (unpaired) electrons. The number of ether oxygens (including phenoxy) is 1. The van der Waals surface area contributed by atoms with Crippen LogP contribution in [0.15, 0.2) is 4.52 Å². The van der Waals surface area contributed by atoms with Crippen LogP contribution in [0.4, 0.5) is 4.79 Å². The second kappa shape index (κ2) is 7.48. The lowest BCUT2D eigenvalue weighted by Gasteiger charge is -2.47. The topological polar surface area (TPSA) is 74.9 Å². The maximum Gasteiger partial charge on any atom is 0.319 e. The van der Waals surface area contributed by atoms with Crippen molar-refractivity contribution in [2.75, 3.05) is 40.3 Å². The van der Waals surface area contributed by atoms with Gasteiger partial charge in [0.1, 0.15) is 6.10 Å². The van der Waals surface area contributed by atoms with Crippen molar-refractivity contribution >= 4 is 6.03 Å². The highest BCUT2D eigenvalue weighted by molar-refractivity contribution is 5.74. The summed E-state index contributed by atoms with van der Waals surface area (Å²) in [5.41, 5.74) is -0.163. The molecule has 0 N–H and O–H groups in total. The maximum absolute atomic E-state index is 12.2. The Kier molecular flexibility index (Phi) is 5.82. The molecule has 0 aliphatic carbocycles. The largest absolute Gasteiger partial charge is 0.371 e. The average Bonchev–Trinajstić information content (AvgIpc) is 2.97. The SMILES string of the molecule is CCO[C@@H](C)c1noc(CN2CCN(C(=O)N(C)C)CC2(C)C)n1. The van der Waals surface area contributed by atoms with Gasteiger partial charge in [-0.2, -0.15) is 4.98 Å². The van der Waals surface area contributed by atoms with Crippen LogP contribution >= 0.6 is 0 Å². The van der Waals surface area contributed by atoms with E-state index in [-0.39, 0.29) is 17.7 Å². The number of carbonyl (C=O) groups excluding carboxylic acids is 1. The zero-order valence-electron chi connectivity index (χ0n) is 15.6. The van der Waals surface area contributed by atoms with E-state index in [0.717, 1.165) is 6.54 Å². The minimum absolute atomic E-state index is 0.0494. The summed E-state index contributed by atoms with van der Waals surface area (Å²) in [6.45, 7) is 11.4. The van der Waals surface area contributed by atoms with Gasteiger partial charge in [0.2, 0.25) is 5.89 Å². The minimum atomic E-state index is -0.171. The van der Waals surface area contributed by atoms with Gasteiger partial charge < -0.3 is 19.1 Å². The number of hydrogen-bond donors (Lipinski definition) is 0. The van der Waals surface area contributed by atoms with Crippen LogP contribution in [0.1, 0.15) is 45.5 Å². The number of urea groups is 1. The molecule has 1 aliphatic heterocycles. The van der Waals surface area contributed by atoms with Gasteiger partial charge in [0, 0.05) is 45.9 Å². The van der Waals surface area contributed by atoms with Crippen molar-refractivity contribution in [2.24, 2.45) is 0 Å². The van der Waals surface area contributed by atoms with Crippen LogP contribution in [0.5, 0.6) is 0 Å². The Balaban J connectivity index is 2.00. The van der Waals surface area contributed by atoms with Gasteiger partial charge in [-0.25, -0.2) is 4.79 Å². The molecule has 0 bridgehead atoms. The molecule has 1 fully saturated rings. The van der Waals surface area contributed by atoms with Crippen molar-refractivity contribution in [3.63, 3.8) is 0 Å². The summed E-state index contributed by atoms with van der Waals surface area (Å²) < 4.78 is 10.9. The van der Waals surface area contributed by atoms with Crippen LogP contribution in [0.3, 0.4) is 0 Å². The Morgan fingerprint density at radius 1 is 1.42 bits per heavy atom. The molecule has 0 unspecified atom stereocenters. The molecule has 2 heterocycles. The molecule has 24 heavy (non-hydrogen) atoms. The summed E-state index contributed by atoms with van der Waals surface area (Å²) in [5, 5.41) is 4.01. The second-order valence-corrected chi connectivity index (χ2v) is 6.98. The number of rotatable bonds is 5. The van der Waals surface area contributed by atoms with Crippen molar-refractivity contribution in [3.8, 4) is 0 Å². The Bertz CT molecular complexity index is 558. The van der Waals surface area contributed by atoms with E-state index in [1.807, 2.05) is 18.7 Å². The van der Waals surface area contributed by atoms with E-state index in [9.17, 15) is 4.79 Å². The Hall–Kier alpha value is -1.67. The van der Waals surface area contributed by atoms with E-state index in [4.69, 9.17) is 9.26 Å². The summed E-state index contributed by atoms with van der Waals surface area (Å²) in [7, 11) is 3.56. The predicted octanol–water partition coefficient (Wildman–Crippen LogP) is 1.74. The lowest BCUT2D eigenvalue weighted by atomic mass is 9.99. The lowest BCUT2D eigenvalue weighted by molar-refractivity contribution is 0.0180. The number of aromatic nitrogens is 2. The molecule has 1 atom stereocenters. The van der Waals surface area contributed by atoms with Crippen LogP contribution in [0.2, 0.25) is 0 Å². The summed E-state index contributed by atoms with van der Waals surface area (Å²) >= 11 is 0. The minimum Gasteiger partial charge on any atom is -0.371 e. The molecule has 8 nitrogen and oxygen atoms in total. The molecular weight excluding hydrogens is 310 g/mol. The molecule has 1 aromatic rings. The Labute approximate surface area is 143 Å². The van der Waals surface area contributed by atoms with Gasteiger partial charge in [0.05, 0.1) is 6.54 Å². The number of carbonyl (C=O) groups is 1. The fraction of sp³-hybridized carbons (Fsp3) is 0.812. The van der Waals surface area contributed by atoms with Crippen molar-refractivity contribution in [3.05, 3.63) is 11.7 Å². The van der Waals surface area contributed by atoms with Crippen LogP contribution in [-0.2, 0) is 11.3 Å². The van der Waals surface area contributed by atoms with Crippen LogP contribution in [0.25, 0.3) is 0 Å². The highest BCUT2D eigenvalue weighted by atomic mass is 16.5. The fourth-order valence-electron chi connectivity index (χ4n) is 2.91. The molecule has 2 rings (SSSR count). The first kappa shape index (κ1) is 18.7. The van der Waals surface area contributed by atoms with Crippen molar-refractivity contribution in [1.29, 1.82) is 0 Å². The predicted molar refractivity (Wildman–Crippen MR) is 89.5 cm³/mol. The van der Waals surface area contributed by atoms with Gasteiger partial charge in [-0.05, 0) is 27.7 Å². The standard InChI is InChI=1S/C16H29N5O3/c1-7-23-12(2)14-17-13(24-18-14)10-21-9-8-20(11-16(21,3)4)15(22)19(5)6/h12H,7-11H2,1-6H3/t12-/m0/s1. The fourth-order valence-corrected chi connectivity index (χ4v) is 2.91. The molecule has 8 heteroatoms. The smallest absolute Gasteiger partial charge is 0.319 e. The first-order valence-corrected chi connectivity index (χ1v) is 8.40. The zero-order chi connectivity index (χ0) is 17.9. The van der Waals surface area contributed by atoms with Gasteiger partial charge in [-0.1, -0.05) is 5.16 Å². The Morgan fingerprint density at radius 2 is 2.12 bits per heavy atom. The molecule has 0 saturated carbocycles. The van der Waals surface area contributed by atoms with Crippen molar-refractivity contribution < 1.29 is 14.1 Å². The highest BCUT2D eigenvalue weighted by Gasteiger charge is 2.36. The summed E-state index contributed by atoms with van der Waals surface area (Å²) in [6, 6.07) is 0.0494. The quantitative estimate of drug-likeness (QED) is 0.813. The number of nitrogens with zero attached hydrogens (tertiary/aromatic N) is 5. The van der Waals surface area contributed by atoms with E-state index in [1.54, 1.807) is 19.0 Å². The molecule has 1 saturated heterocycles. The van der Waals surface area contributed by atoms with E-state index >= 15 is 0 Å². The summed E-state index contributed by atoms with van der Waals surface area (Å²) in [4.78, 5) is 22.4. The van der Waals surface area contributed by atoms with Crippen LogP contribution in [0, 0.1) is 0 Å². The monoisotopic (exact) mass is 339 g/mol. The third-order valence-corrected chi connectivity index (χ3v) is 4.32. The van der Waals surface area contributed by atoms with Gasteiger partial charge >= 0.3 is 6.03 Å². The molecule has 136 valence electrons. The maximum atomic E-state index is 12.2. The first-order chi connectivity index (χ1) is 11.2. The normalized spacial score (nSPS) is 19.3. The van der Waals surface area contributed by atoms with E-state index in [2.05, 4.69) is 28.9 Å². The van der Waals surface area contributed by atoms with E-state index < -0.39 is 0 Å². The number of amides is 2. The first-order valence-electron chi connectivity index (χ1n) is 8.40. The zero-order valence-corrected chi connectivity index (χ0v) is 15.6. The summed E-state index contributed by atoms with van der Waals surface area (Å²) in [5.74, 6) is 1.16. The molecule has 1 aromatic heterocycles. The Morgan fingerprint density at radius 3 is 2.71 bits per heavy atom.